The fourth-order valence-electron chi connectivity index (χ4n) is 5.82. The number of hydrogen-bond donors (Lipinski definition) is 1. The van der Waals surface area contributed by atoms with E-state index in [4.69, 9.17) is 20.8 Å². The lowest BCUT2D eigenvalue weighted by atomic mass is 9.97. The number of nitriles is 1. The number of aromatic nitrogens is 4. The van der Waals surface area contributed by atoms with Crippen molar-refractivity contribution in [1.29, 1.82) is 5.26 Å². The summed E-state index contributed by atoms with van der Waals surface area (Å²) in [6.07, 6.45) is 4.44. The van der Waals surface area contributed by atoms with Crippen molar-refractivity contribution in [3.05, 3.63) is 34.8 Å². The van der Waals surface area contributed by atoms with Gasteiger partial charge in [0.2, 0.25) is 10.1 Å². The molecule has 192 valence electrons. The Morgan fingerprint density at radius 3 is 2.65 bits per heavy atom. The number of nitrogen functional groups attached to an aromatic ring is 1. The number of anilines is 4. The third-order valence-corrected chi connectivity index (χ3v) is 9.64. The van der Waals surface area contributed by atoms with Gasteiger partial charge in [0, 0.05) is 36.9 Å². The number of hydrogen-bond acceptors (Lipinski definition) is 10. The van der Waals surface area contributed by atoms with Gasteiger partial charge >= 0.3 is 0 Å². The fourth-order valence-corrected chi connectivity index (χ4v) is 7.67. The lowest BCUT2D eigenvalue weighted by molar-refractivity contribution is 0.151. The molecule has 0 aliphatic carbocycles. The van der Waals surface area contributed by atoms with Crippen molar-refractivity contribution in [2.24, 2.45) is 0 Å². The van der Waals surface area contributed by atoms with Gasteiger partial charge in [0.05, 0.1) is 5.69 Å². The molecule has 2 N–H and O–H groups in total. The molecule has 0 radical (unpaired) electrons. The molecule has 2 saturated heterocycles. The lowest BCUT2D eigenvalue weighted by Gasteiger charge is -2.39. The van der Waals surface area contributed by atoms with Crippen LogP contribution in [0.25, 0.3) is 16.2 Å². The summed E-state index contributed by atoms with van der Waals surface area (Å²) in [4.78, 5) is 18.5. The van der Waals surface area contributed by atoms with Crippen LogP contribution in [0.3, 0.4) is 0 Å². The van der Waals surface area contributed by atoms with E-state index in [2.05, 4.69) is 29.7 Å². The molecule has 2 aliphatic rings. The van der Waals surface area contributed by atoms with Gasteiger partial charge in [-0.05, 0) is 50.9 Å². The Bertz CT molecular complexity index is 1460. The van der Waals surface area contributed by atoms with Gasteiger partial charge < -0.3 is 15.5 Å². The maximum Gasteiger partial charge on any atom is 0.216 e. The van der Waals surface area contributed by atoms with Crippen molar-refractivity contribution >= 4 is 49.4 Å². The fraction of sp³-hybridized carbons (Fsp3) is 0.462. The van der Waals surface area contributed by atoms with Crippen LogP contribution in [0.2, 0.25) is 0 Å². The number of likely N-dealkylation sites (tertiary alicyclic amines) is 1. The van der Waals surface area contributed by atoms with Crippen molar-refractivity contribution in [3.8, 4) is 17.3 Å². The van der Waals surface area contributed by atoms with E-state index < -0.39 is 0 Å². The smallest absolute Gasteiger partial charge is 0.216 e. The molecule has 9 nitrogen and oxygen atoms in total. The zero-order valence-electron chi connectivity index (χ0n) is 21.4. The maximum absolute atomic E-state index is 9.83. The van der Waals surface area contributed by atoms with E-state index in [1.807, 2.05) is 40.7 Å². The molecule has 0 saturated carbocycles. The molecule has 37 heavy (non-hydrogen) atoms. The number of nitrogens with two attached hydrogens (primary N) is 1. The van der Waals surface area contributed by atoms with Crippen LogP contribution < -0.4 is 15.5 Å². The zero-order valence-corrected chi connectivity index (χ0v) is 23.0. The average Bonchev–Trinajstić information content (AvgIpc) is 3.69. The molecule has 1 aromatic carbocycles. The predicted octanol–water partition coefficient (Wildman–Crippen LogP) is 4.76. The SMILES string of the molecule is CCc1nc2sc(N3CCC4C3CCCN4CC)nn2c1N(C)c1nc(-c2ccc(N)cc2)c(C#N)s1. The number of thiazole rings is 1. The lowest BCUT2D eigenvalue weighted by Crippen LogP contribution is -2.49. The minimum absolute atomic E-state index is 0.524. The van der Waals surface area contributed by atoms with Crippen LogP contribution in [0.15, 0.2) is 24.3 Å². The molecule has 2 atom stereocenters. The zero-order chi connectivity index (χ0) is 25.7. The van der Waals surface area contributed by atoms with Gasteiger partial charge in [-0.3, -0.25) is 4.90 Å². The molecular formula is C26H31N9S2. The molecule has 0 bridgehead atoms. The number of fused-ring (bicyclic) bond motifs is 2. The summed E-state index contributed by atoms with van der Waals surface area (Å²) in [5.74, 6) is 0.914. The molecule has 0 spiro atoms. The molecular weight excluding hydrogens is 502 g/mol. The summed E-state index contributed by atoms with van der Waals surface area (Å²) in [6.45, 7) is 7.74. The third kappa shape index (κ3) is 4.04. The van der Waals surface area contributed by atoms with Gasteiger partial charge in [-0.15, -0.1) is 5.10 Å². The monoisotopic (exact) mass is 533 g/mol. The van der Waals surface area contributed by atoms with Crippen LogP contribution in [-0.4, -0.2) is 63.2 Å². The molecule has 4 aromatic rings. The molecule has 2 unspecified atom stereocenters. The molecule has 3 aromatic heterocycles. The summed E-state index contributed by atoms with van der Waals surface area (Å²) in [7, 11) is 1.99. The van der Waals surface area contributed by atoms with Crippen LogP contribution in [0, 0.1) is 11.3 Å². The summed E-state index contributed by atoms with van der Waals surface area (Å²) in [5, 5.41) is 16.7. The minimum Gasteiger partial charge on any atom is -0.399 e. The number of piperidine rings is 1. The predicted molar refractivity (Wildman–Crippen MR) is 151 cm³/mol. The van der Waals surface area contributed by atoms with Crippen LogP contribution in [-0.2, 0) is 6.42 Å². The van der Waals surface area contributed by atoms with Crippen LogP contribution in [0.1, 0.15) is 43.7 Å². The largest absolute Gasteiger partial charge is 0.399 e. The number of imidazole rings is 1. The Morgan fingerprint density at radius 1 is 1.11 bits per heavy atom. The van der Waals surface area contributed by atoms with Crippen molar-refractivity contribution in [2.75, 3.05) is 42.2 Å². The van der Waals surface area contributed by atoms with E-state index in [9.17, 15) is 5.26 Å². The summed E-state index contributed by atoms with van der Waals surface area (Å²) in [6, 6.07) is 10.9. The molecule has 2 fully saturated rings. The highest BCUT2D eigenvalue weighted by atomic mass is 32.1. The summed E-state index contributed by atoms with van der Waals surface area (Å²) >= 11 is 3.06. The minimum atomic E-state index is 0.524. The highest BCUT2D eigenvalue weighted by Gasteiger charge is 2.41. The highest BCUT2D eigenvalue weighted by Crippen LogP contribution is 2.40. The van der Waals surface area contributed by atoms with Gasteiger partial charge in [0.25, 0.3) is 0 Å². The number of aryl methyl sites for hydroxylation is 1. The number of rotatable bonds is 6. The highest BCUT2D eigenvalue weighted by molar-refractivity contribution is 7.20. The van der Waals surface area contributed by atoms with E-state index in [1.54, 1.807) is 11.3 Å². The van der Waals surface area contributed by atoms with Gasteiger partial charge in [-0.1, -0.05) is 48.7 Å². The van der Waals surface area contributed by atoms with E-state index in [0.717, 1.165) is 51.8 Å². The van der Waals surface area contributed by atoms with Gasteiger partial charge in [-0.2, -0.15) is 9.78 Å². The van der Waals surface area contributed by atoms with Gasteiger partial charge in [0.15, 0.2) is 10.9 Å². The molecule has 11 heteroatoms. The maximum atomic E-state index is 9.83. The van der Waals surface area contributed by atoms with Crippen LogP contribution in [0.4, 0.5) is 21.8 Å². The number of benzene rings is 1. The van der Waals surface area contributed by atoms with Crippen molar-refractivity contribution in [3.63, 3.8) is 0 Å². The van der Waals surface area contributed by atoms with Crippen LogP contribution >= 0.6 is 22.7 Å². The Hall–Kier alpha value is -3.20. The quantitative estimate of drug-likeness (QED) is 0.354. The van der Waals surface area contributed by atoms with E-state index >= 15 is 0 Å². The second kappa shape index (κ2) is 9.59. The van der Waals surface area contributed by atoms with E-state index in [-0.39, 0.29) is 0 Å². The third-order valence-electron chi connectivity index (χ3n) is 7.66. The first-order valence-electron chi connectivity index (χ1n) is 12.9. The second-order valence-electron chi connectivity index (χ2n) is 9.67. The van der Waals surface area contributed by atoms with Crippen LogP contribution in [0.5, 0.6) is 0 Å². The standard InChI is InChI=1S/C26H31N9S2/c1-4-18-23(32(3)24-30-22(21(15-27)36-24)16-8-10-17(28)11-9-16)35-25(29-18)37-26(31-35)34-14-12-19-20(34)7-6-13-33(19)5-2/h8-11,19-20H,4-7,12-14,28H2,1-3H3. The van der Waals surface area contributed by atoms with Gasteiger partial charge in [0.1, 0.15) is 16.6 Å². The first-order valence-corrected chi connectivity index (χ1v) is 14.5. The second-order valence-corrected chi connectivity index (χ2v) is 11.6. The number of nitrogens with zero attached hydrogens (tertiary/aromatic N) is 8. The first kappa shape index (κ1) is 24.2. The summed E-state index contributed by atoms with van der Waals surface area (Å²) < 4.78 is 1.98. The Morgan fingerprint density at radius 2 is 1.92 bits per heavy atom. The number of likely N-dealkylation sites (N-methyl/N-ethyl adjacent to an activating group) is 1. The molecule has 6 rings (SSSR count). The van der Waals surface area contributed by atoms with Gasteiger partial charge in [-0.25, -0.2) is 9.97 Å². The van der Waals surface area contributed by atoms with E-state index in [0.29, 0.717) is 28.3 Å². The molecule has 2 aliphatic heterocycles. The topological polar surface area (TPSA) is 103 Å². The molecule has 5 heterocycles. The Kier molecular flexibility index (Phi) is 6.26. The van der Waals surface area contributed by atoms with Crippen molar-refractivity contribution < 1.29 is 0 Å². The molecule has 0 amide bonds. The van der Waals surface area contributed by atoms with Crippen molar-refractivity contribution in [2.45, 2.75) is 51.6 Å². The normalized spacial score (nSPS) is 19.9. The summed E-state index contributed by atoms with van der Waals surface area (Å²) in [5.41, 5.74) is 9.08. The average molecular weight is 534 g/mol. The Balaban J connectivity index is 1.36. The first-order chi connectivity index (χ1) is 18.0. The Labute approximate surface area is 224 Å². The van der Waals surface area contributed by atoms with E-state index in [1.165, 1.54) is 37.1 Å². The van der Waals surface area contributed by atoms with Crippen molar-refractivity contribution in [1.82, 2.24) is 24.5 Å².